The minimum Gasteiger partial charge on any atom is -0.301 e. The second kappa shape index (κ2) is 3.29. The van der Waals surface area contributed by atoms with E-state index >= 15 is 0 Å². The van der Waals surface area contributed by atoms with Crippen LogP contribution in [0.15, 0.2) is 0 Å². The Bertz CT molecular complexity index is 157. The zero-order valence-corrected chi connectivity index (χ0v) is 7.98. The molecular formula is C9H17F2N. The van der Waals surface area contributed by atoms with E-state index in [1.807, 2.05) is 25.8 Å². The summed E-state index contributed by atoms with van der Waals surface area (Å²) in [7, 11) is 1.93. The molecule has 1 unspecified atom stereocenters. The Morgan fingerprint density at radius 3 is 2.33 bits per heavy atom. The highest BCUT2D eigenvalue weighted by Gasteiger charge is 2.41. The van der Waals surface area contributed by atoms with Crippen LogP contribution in [0.5, 0.6) is 0 Å². The Kier molecular flexibility index (Phi) is 2.71. The molecule has 0 aromatic carbocycles. The molecule has 0 aliphatic heterocycles. The van der Waals surface area contributed by atoms with Crippen molar-refractivity contribution >= 4 is 0 Å². The van der Waals surface area contributed by atoms with Crippen molar-refractivity contribution in [3.05, 3.63) is 0 Å². The van der Waals surface area contributed by atoms with Gasteiger partial charge in [-0.15, -0.1) is 0 Å². The lowest BCUT2D eigenvalue weighted by Crippen LogP contribution is -2.36. The predicted octanol–water partition coefficient (Wildman–Crippen LogP) is 2.51. The molecule has 0 heterocycles. The molecule has 1 aliphatic carbocycles. The Balaban J connectivity index is 2.47. The zero-order valence-electron chi connectivity index (χ0n) is 7.98. The van der Waals surface area contributed by atoms with Crippen molar-refractivity contribution in [3.63, 3.8) is 0 Å². The van der Waals surface area contributed by atoms with Crippen molar-refractivity contribution in [2.24, 2.45) is 0 Å². The minimum atomic E-state index is -2.41. The number of nitrogens with zero attached hydrogens (tertiary/aromatic N) is 1. The molecule has 1 rings (SSSR count). The highest BCUT2D eigenvalue weighted by atomic mass is 19.3. The number of hydrogen-bond donors (Lipinski definition) is 0. The van der Waals surface area contributed by atoms with E-state index in [0.717, 1.165) is 0 Å². The van der Waals surface area contributed by atoms with Crippen molar-refractivity contribution in [1.29, 1.82) is 0 Å². The van der Waals surface area contributed by atoms with E-state index in [9.17, 15) is 8.78 Å². The molecule has 0 aromatic heterocycles. The molecule has 12 heavy (non-hydrogen) atoms. The number of halogens is 2. The summed E-state index contributed by atoms with van der Waals surface area (Å²) in [4.78, 5) is 2.04. The molecule has 0 aromatic rings. The van der Waals surface area contributed by atoms with E-state index in [2.05, 4.69) is 0 Å². The Morgan fingerprint density at radius 2 is 2.00 bits per heavy atom. The summed E-state index contributed by atoms with van der Waals surface area (Å²) in [6.45, 7) is 4.08. The molecule has 0 N–H and O–H groups in total. The van der Waals surface area contributed by atoms with E-state index in [4.69, 9.17) is 0 Å². The van der Waals surface area contributed by atoms with Crippen LogP contribution in [0.1, 0.15) is 33.1 Å². The third-order valence-corrected chi connectivity index (χ3v) is 2.77. The predicted molar refractivity (Wildman–Crippen MR) is 45.5 cm³/mol. The normalized spacial score (nSPS) is 28.8. The maximum Gasteiger partial charge on any atom is 0.249 e. The summed E-state index contributed by atoms with van der Waals surface area (Å²) >= 11 is 0. The van der Waals surface area contributed by atoms with Gasteiger partial charge in [0.1, 0.15) is 0 Å². The van der Waals surface area contributed by atoms with E-state index in [1.165, 1.54) is 0 Å². The number of rotatable bonds is 2. The summed E-state index contributed by atoms with van der Waals surface area (Å²) in [6.07, 6.45) is 0.748. The first-order chi connectivity index (χ1) is 5.42. The molecule has 1 fully saturated rings. The lowest BCUT2D eigenvalue weighted by atomic mass is 10.2. The molecule has 1 atom stereocenters. The van der Waals surface area contributed by atoms with Crippen molar-refractivity contribution in [2.45, 2.75) is 51.1 Å². The van der Waals surface area contributed by atoms with Gasteiger partial charge in [0.05, 0.1) is 0 Å². The largest absolute Gasteiger partial charge is 0.301 e. The lowest BCUT2D eigenvalue weighted by molar-refractivity contribution is 0.000665. The molecule has 72 valence electrons. The standard InChI is InChI=1S/C9H17F2N/c1-7(2)12(3)8-4-5-9(10,11)6-8/h7-8H,4-6H2,1-3H3. The molecule has 0 bridgehead atoms. The highest BCUT2D eigenvalue weighted by Crippen LogP contribution is 2.37. The van der Waals surface area contributed by atoms with Gasteiger partial charge in [0.25, 0.3) is 0 Å². The maximum atomic E-state index is 12.8. The minimum absolute atomic E-state index is 0.0433. The first-order valence-corrected chi connectivity index (χ1v) is 4.52. The third-order valence-electron chi connectivity index (χ3n) is 2.77. The van der Waals surface area contributed by atoms with Gasteiger partial charge < -0.3 is 4.90 Å². The van der Waals surface area contributed by atoms with Gasteiger partial charge >= 0.3 is 0 Å². The first-order valence-electron chi connectivity index (χ1n) is 4.52. The van der Waals surface area contributed by atoms with E-state index in [0.29, 0.717) is 12.5 Å². The zero-order chi connectivity index (χ0) is 9.35. The van der Waals surface area contributed by atoms with Crippen LogP contribution in [0.3, 0.4) is 0 Å². The van der Waals surface area contributed by atoms with Gasteiger partial charge in [-0.2, -0.15) is 0 Å². The van der Waals surface area contributed by atoms with Crippen molar-refractivity contribution in [3.8, 4) is 0 Å². The fraction of sp³-hybridized carbons (Fsp3) is 1.00. The second-order valence-corrected chi connectivity index (χ2v) is 4.01. The van der Waals surface area contributed by atoms with Gasteiger partial charge in [0.15, 0.2) is 0 Å². The summed E-state index contributed by atoms with van der Waals surface area (Å²) < 4.78 is 25.6. The van der Waals surface area contributed by atoms with Crippen molar-refractivity contribution < 1.29 is 8.78 Å². The van der Waals surface area contributed by atoms with Gasteiger partial charge in [0.2, 0.25) is 5.92 Å². The van der Waals surface area contributed by atoms with Crippen LogP contribution in [-0.4, -0.2) is 30.0 Å². The molecule has 1 saturated carbocycles. The van der Waals surface area contributed by atoms with Crippen LogP contribution < -0.4 is 0 Å². The average molecular weight is 177 g/mol. The number of alkyl halides is 2. The summed E-state index contributed by atoms with van der Waals surface area (Å²) in [5.74, 6) is -2.41. The van der Waals surface area contributed by atoms with Gasteiger partial charge in [-0.25, -0.2) is 8.78 Å². The fourth-order valence-electron chi connectivity index (χ4n) is 1.70. The SMILES string of the molecule is CC(C)N(C)C1CCC(F)(F)C1. The molecule has 1 aliphatic rings. The Hall–Kier alpha value is -0.180. The van der Waals surface area contributed by atoms with E-state index in [-0.39, 0.29) is 18.9 Å². The molecule has 3 heteroatoms. The van der Waals surface area contributed by atoms with E-state index < -0.39 is 5.92 Å². The summed E-state index contributed by atoms with van der Waals surface area (Å²) in [6, 6.07) is 0.448. The number of hydrogen-bond acceptors (Lipinski definition) is 1. The van der Waals surface area contributed by atoms with Gasteiger partial charge in [0, 0.05) is 24.9 Å². The van der Waals surface area contributed by atoms with Gasteiger partial charge in [-0.3, -0.25) is 0 Å². The van der Waals surface area contributed by atoms with E-state index in [1.54, 1.807) is 0 Å². The first kappa shape index (κ1) is 9.90. The second-order valence-electron chi connectivity index (χ2n) is 4.01. The van der Waals surface area contributed by atoms with Crippen molar-refractivity contribution in [1.82, 2.24) is 4.90 Å². The molecule has 0 amide bonds. The smallest absolute Gasteiger partial charge is 0.249 e. The topological polar surface area (TPSA) is 3.24 Å². The van der Waals surface area contributed by atoms with Gasteiger partial charge in [-0.1, -0.05) is 0 Å². The van der Waals surface area contributed by atoms with Crippen LogP contribution in [0, 0.1) is 0 Å². The third kappa shape index (κ3) is 2.16. The van der Waals surface area contributed by atoms with Crippen LogP contribution >= 0.6 is 0 Å². The Labute approximate surface area is 72.7 Å². The lowest BCUT2D eigenvalue weighted by Gasteiger charge is -2.27. The maximum absolute atomic E-state index is 12.8. The summed E-state index contributed by atoms with van der Waals surface area (Å²) in [5, 5.41) is 0. The van der Waals surface area contributed by atoms with Crippen LogP contribution in [0.25, 0.3) is 0 Å². The monoisotopic (exact) mass is 177 g/mol. The molecule has 1 nitrogen and oxygen atoms in total. The summed E-state index contributed by atoms with van der Waals surface area (Å²) in [5.41, 5.74) is 0. The fourth-order valence-corrected chi connectivity index (χ4v) is 1.70. The average Bonchev–Trinajstić information content (AvgIpc) is 2.28. The van der Waals surface area contributed by atoms with Crippen LogP contribution in [-0.2, 0) is 0 Å². The molecule has 0 radical (unpaired) electrons. The quantitative estimate of drug-likeness (QED) is 0.626. The Morgan fingerprint density at radius 1 is 1.42 bits per heavy atom. The molecule has 0 spiro atoms. The molecular weight excluding hydrogens is 160 g/mol. The van der Waals surface area contributed by atoms with Gasteiger partial charge in [-0.05, 0) is 27.3 Å². The van der Waals surface area contributed by atoms with Crippen molar-refractivity contribution in [2.75, 3.05) is 7.05 Å². The van der Waals surface area contributed by atoms with Crippen LogP contribution in [0.2, 0.25) is 0 Å². The van der Waals surface area contributed by atoms with Crippen LogP contribution in [0.4, 0.5) is 8.78 Å². The molecule has 0 saturated heterocycles. The highest BCUT2D eigenvalue weighted by molar-refractivity contribution is 4.87.